The van der Waals surface area contributed by atoms with E-state index >= 15 is 0 Å². The minimum atomic E-state index is -1.11. The number of rotatable bonds is 4. The van der Waals surface area contributed by atoms with Gasteiger partial charge in [0, 0.05) is 30.9 Å². The van der Waals surface area contributed by atoms with E-state index in [2.05, 4.69) is 5.32 Å². The summed E-state index contributed by atoms with van der Waals surface area (Å²) in [4.78, 5) is 23.7. The van der Waals surface area contributed by atoms with Crippen LogP contribution in [0.4, 0.5) is 8.78 Å². The first-order valence-corrected chi connectivity index (χ1v) is 7.99. The fraction of sp³-hybridized carbons (Fsp3) is 0.529. The summed E-state index contributed by atoms with van der Waals surface area (Å²) in [5.41, 5.74) is -0.941. The van der Waals surface area contributed by atoms with E-state index in [0.29, 0.717) is 38.9 Å². The Morgan fingerprint density at radius 1 is 1.21 bits per heavy atom. The van der Waals surface area contributed by atoms with Crippen LogP contribution in [0.2, 0.25) is 0 Å². The van der Waals surface area contributed by atoms with Gasteiger partial charge in [-0.1, -0.05) is 6.07 Å². The maximum Gasteiger partial charge on any atom is 0.306 e. The lowest BCUT2D eigenvalue weighted by Crippen LogP contribution is -2.55. The molecule has 1 aromatic rings. The number of aliphatic carboxylic acids is 1. The molecule has 1 amide bonds. The number of ether oxygens (including phenoxy) is 1. The van der Waals surface area contributed by atoms with Crippen LogP contribution in [-0.2, 0) is 19.7 Å². The number of carboxylic acid groups (broad SMARTS) is 1. The molecule has 1 aliphatic heterocycles. The summed E-state index contributed by atoms with van der Waals surface area (Å²) >= 11 is 0. The molecule has 0 spiro atoms. The zero-order valence-corrected chi connectivity index (χ0v) is 13.1. The molecule has 0 radical (unpaired) electrons. The van der Waals surface area contributed by atoms with Crippen LogP contribution in [0, 0.1) is 17.6 Å². The van der Waals surface area contributed by atoms with Crippen molar-refractivity contribution in [1.82, 2.24) is 5.32 Å². The Labute approximate surface area is 138 Å². The highest BCUT2D eigenvalue weighted by atomic mass is 19.1. The second-order valence-corrected chi connectivity index (χ2v) is 6.50. The van der Waals surface area contributed by atoms with E-state index in [9.17, 15) is 18.4 Å². The SMILES string of the molecule is O=C(O)C1CC(NC(=O)C2(c3ccc(F)cc3F)CCOCC2)C1. The van der Waals surface area contributed by atoms with Gasteiger partial charge in [-0.3, -0.25) is 9.59 Å². The van der Waals surface area contributed by atoms with E-state index < -0.39 is 28.9 Å². The Balaban J connectivity index is 1.81. The molecule has 1 heterocycles. The molecule has 0 aromatic heterocycles. The molecule has 0 atom stereocenters. The molecule has 0 bridgehead atoms. The molecule has 0 unspecified atom stereocenters. The van der Waals surface area contributed by atoms with Crippen LogP contribution in [0.25, 0.3) is 0 Å². The van der Waals surface area contributed by atoms with Crippen molar-refractivity contribution in [2.75, 3.05) is 13.2 Å². The molecule has 1 saturated carbocycles. The molecule has 5 nitrogen and oxygen atoms in total. The molecule has 2 aliphatic rings. The number of halogens is 2. The second kappa shape index (κ2) is 6.47. The normalized spacial score (nSPS) is 25.6. The van der Waals surface area contributed by atoms with Crippen molar-refractivity contribution in [3.05, 3.63) is 35.4 Å². The predicted molar refractivity (Wildman–Crippen MR) is 80.4 cm³/mol. The first-order chi connectivity index (χ1) is 11.4. The summed E-state index contributed by atoms with van der Waals surface area (Å²) in [7, 11) is 0. The third-order valence-corrected chi connectivity index (χ3v) is 5.05. The molecule has 3 rings (SSSR count). The average Bonchev–Trinajstić information content (AvgIpc) is 2.50. The van der Waals surface area contributed by atoms with E-state index in [1.165, 1.54) is 6.07 Å². The number of amides is 1. The third kappa shape index (κ3) is 3.00. The van der Waals surface area contributed by atoms with Gasteiger partial charge in [-0.15, -0.1) is 0 Å². The third-order valence-electron chi connectivity index (χ3n) is 5.05. The maximum atomic E-state index is 14.3. The van der Waals surface area contributed by atoms with Crippen molar-refractivity contribution < 1.29 is 28.2 Å². The molecule has 7 heteroatoms. The van der Waals surface area contributed by atoms with Crippen molar-refractivity contribution >= 4 is 11.9 Å². The Bertz CT molecular complexity index is 652. The lowest BCUT2D eigenvalue weighted by Gasteiger charge is -2.40. The number of benzene rings is 1. The smallest absolute Gasteiger partial charge is 0.306 e. The minimum absolute atomic E-state index is 0.166. The highest BCUT2D eigenvalue weighted by molar-refractivity contribution is 5.89. The molecule has 2 fully saturated rings. The maximum absolute atomic E-state index is 14.3. The Morgan fingerprint density at radius 2 is 1.88 bits per heavy atom. The molecular formula is C17H19F2NO4. The molecular weight excluding hydrogens is 320 g/mol. The number of hydrogen-bond donors (Lipinski definition) is 2. The van der Waals surface area contributed by atoms with Crippen LogP contribution in [0.5, 0.6) is 0 Å². The summed E-state index contributed by atoms with van der Waals surface area (Å²) < 4.78 is 32.8. The number of carbonyl (C=O) groups excluding carboxylic acids is 1. The molecule has 1 aromatic carbocycles. The average molecular weight is 339 g/mol. The van der Waals surface area contributed by atoms with Gasteiger partial charge in [0.05, 0.1) is 11.3 Å². The van der Waals surface area contributed by atoms with Gasteiger partial charge in [-0.05, 0) is 31.7 Å². The first-order valence-electron chi connectivity index (χ1n) is 7.99. The van der Waals surface area contributed by atoms with E-state index in [-0.39, 0.29) is 17.5 Å². The fourth-order valence-electron chi connectivity index (χ4n) is 3.48. The number of carbonyl (C=O) groups is 2. The Morgan fingerprint density at radius 3 is 2.46 bits per heavy atom. The van der Waals surface area contributed by atoms with Crippen LogP contribution < -0.4 is 5.32 Å². The van der Waals surface area contributed by atoms with Crippen molar-refractivity contribution in [2.45, 2.75) is 37.1 Å². The Kier molecular flexibility index (Phi) is 4.54. The van der Waals surface area contributed by atoms with E-state index in [1.54, 1.807) is 0 Å². The van der Waals surface area contributed by atoms with Gasteiger partial charge in [0.15, 0.2) is 0 Å². The van der Waals surface area contributed by atoms with Gasteiger partial charge < -0.3 is 15.2 Å². The van der Waals surface area contributed by atoms with Gasteiger partial charge in [0.1, 0.15) is 11.6 Å². The van der Waals surface area contributed by atoms with E-state index in [0.717, 1.165) is 12.1 Å². The molecule has 1 saturated heterocycles. The predicted octanol–water partition coefficient (Wildman–Crippen LogP) is 1.99. The van der Waals surface area contributed by atoms with Gasteiger partial charge >= 0.3 is 5.97 Å². The van der Waals surface area contributed by atoms with Gasteiger partial charge in [-0.25, -0.2) is 8.78 Å². The molecule has 24 heavy (non-hydrogen) atoms. The summed E-state index contributed by atoms with van der Waals surface area (Å²) in [6, 6.07) is 3.02. The summed E-state index contributed by atoms with van der Waals surface area (Å²) in [5.74, 6) is -3.09. The van der Waals surface area contributed by atoms with Crippen LogP contribution >= 0.6 is 0 Å². The lowest BCUT2D eigenvalue weighted by molar-refractivity contribution is -0.147. The Hall–Kier alpha value is -2.02. The number of carboxylic acids is 1. The van der Waals surface area contributed by atoms with Crippen molar-refractivity contribution in [3.63, 3.8) is 0 Å². The topological polar surface area (TPSA) is 75.6 Å². The standard InChI is InChI=1S/C17H19F2NO4/c18-11-1-2-13(14(19)9-11)17(3-5-24-6-4-17)16(23)20-12-7-10(8-12)15(21)22/h1-2,9-10,12H,3-8H2,(H,20,23)(H,21,22). The van der Waals surface area contributed by atoms with Crippen molar-refractivity contribution in [1.29, 1.82) is 0 Å². The zero-order chi connectivity index (χ0) is 17.3. The summed E-state index contributed by atoms with van der Waals surface area (Å²) in [5, 5.41) is 11.7. The van der Waals surface area contributed by atoms with Gasteiger partial charge in [-0.2, -0.15) is 0 Å². The van der Waals surface area contributed by atoms with Crippen LogP contribution in [-0.4, -0.2) is 36.2 Å². The molecule has 2 N–H and O–H groups in total. The summed E-state index contributed by atoms with van der Waals surface area (Å²) in [6.45, 7) is 0.624. The van der Waals surface area contributed by atoms with E-state index in [4.69, 9.17) is 9.84 Å². The largest absolute Gasteiger partial charge is 0.481 e. The van der Waals surface area contributed by atoms with Crippen molar-refractivity contribution in [3.8, 4) is 0 Å². The highest BCUT2D eigenvalue weighted by Gasteiger charge is 2.46. The fourth-order valence-corrected chi connectivity index (χ4v) is 3.48. The number of hydrogen-bond acceptors (Lipinski definition) is 3. The first kappa shape index (κ1) is 16.8. The second-order valence-electron chi connectivity index (χ2n) is 6.50. The van der Waals surface area contributed by atoms with Crippen LogP contribution in [0.1, 0.15) is 31.2 Å². The van der Waals surface area contributed by atoms with E-state index in [1.807, 2.05) is 0 Å². The van der Waals surface area contributed by atoms with Gasteiger partial charge in [0.25, 0.3) is 0 Å². The van der Waals surface area contributed by atoms with Crippen LogP contribution in [0.3, 0.4) is 0 Å². The van der Waals surface area contributed by atoms with Crippen molar-refractivity contribution in [2.24, 2.45) is 5.92 Å². The molecule has 130 valence electrons. The summed E-state index contributed by atoms with van der Waals surface area (Å²) in [6.07, 6.45) is 1.35. The highest BCUT2D eigenvalue weighted by Crippen LogP contribution is 2.38. The monoisotopic (exact) mass is 339 g/mol. The lowest BCUT2D eigenvalue weighted by atomic mass is 9.72. The number of nitrogens with one attached hydrogen (secondary N) is 1. The zero-order valence-electron chi connectivity index (χ0n) is 13.1. The minimum Gasteiger partial charge on any atom is -0.481 e. The van der Waals surface area contributed by atoms with Gasteiger partial charge in [0.2, 0.25) is 5.91 Å². The quantitative estimate of drug-likeness (QED) is 0.880. The van der Waals surface area contributed by atoms with Crippen LogP contribution in [0.15, 0.2) is 18.2 Å². The molecule has 1 aliphatic carbocycles.